The Hall–Kier alpha value is -3.10. The van der Waals surface area contributed by atoms with Gasteiger partial charge in [0.25, 0.3) is 5.56 Å². The third-order valence-electron chi connectivity index (χ3n) is 5.80. The first-order chi connectivity index (χ1) is 17.8. The highest BCUT2D eigenvalue weighted by Gasteiger charge is 2.33. The minimum Gasteiger partial charge on any atom is -0.463 e. The number of carbonyl (C=O) groups is 1. The Kier molecular flexibility index (Phi) is 7.14. The maximum atomic E-state index is 13.7. The SMILES string of the molecule is CCOC(=O)C1=C(C)N=c2sc(=Cc3ccc(-c4ccc(Cl)cc4Cl)o3)c(=O)n2[C@@H]1c1ccc(Cl)cc1. The molecule has 37 heavy (non-hydrogen) atoms. The van der Waals surface area contributed by atoms with E-state index in [2.05, 4.69) is 4.99 Å². The van der Waals surface area contributed by atoms with Crippen LogP contribution in [0.25, 0.3) is 17.4 Å². The largest absolute Gasteiger partial charge is 0.463 e. The van der Waals surface area contributed by atoms with Gasteiger partial charge in [-0.05, 0) is 61.9 Å². The molecule has 0 unspecified atom stereocenters. The molecular formula is C27H19Cl3N2O4S. The highest BCUT2D eigenvalue weighted by Crippen LogP contribution is 2.33. The van der Waals surface area contributed by atoms with E-state index < -0.39 is 12.0 Å². The summed E-state index contributed by atoms with van der Waals surface area (Å²) in [5, 5.41) is 1.52. The third-order valence-corrected chi connectivity index (χ3v) is 7.58. The Morgan fingerprint density at radius 1 is 1.11 bits per heavy atom. The summed E-state index contributed by atoms with van der Waals surface area (Å²) in [6, 6.07) is 15.0. The van der Waals surface area contributed by atoms with Crippen LogP contribution in [0.15, 0.2) is 80.1 Å². The van der Waals surface area contributed by atoms with Gasteiger partial charge in [0.2, 0.25) is 0 Å². The van der Waals surface area contributed by atoms with Crippen molar-refractivity contribution >= 4 is 58.2 Å². The van der Waals surface area contributed by atoms with Gasteiger partial charge < -0.3 is 9.15 Å². The number of furan rings is 1. The van der Waals surface area contributed by atoms with Crippen LogP contribution < -0.4 is 14.9 Å². The molecule has 5 rings (SSSR count). The number of nitrogens with zero attached hydrogens (tertiary/aromatic N) is 2. The molecule has 0 amide bonds. The fraction of sp³-hybridized carbons (Fsp3) is 0.148. The van der Waals surface area contributed by atoms with Gasteiger partial charge in [-0.25, -0.2) is 9.79 Å². The molecule has 0 bridgehead atoms. The van der Waals surface area contributed by atoms with Gasteiger partial charge in [0.1, 0.15) is 11.5 Å². The normalized spacial score (nSPS) is 15.5. The van der Waals surface area contributed by atoms with Crippen molar-refractivity contribution in [2.24, 2.45) is 4.99 Å². The van der Waals surface area contributed by atoms with Crippen LogP contribution in [-0.2, 0) is 9.53 Å². The van der Waals surface area contributed by atoms with Gasteiger partial charge in [-0.3, -0.25) is 9.36 Å². The van der Waals surface area contributed by atoms with Crippen LogP contribution in [0.3, 0.4) is 0 Å². The number of esters is 1. The number of hydrogen-bond donors (Lipinski definition) is 0. The first-order valence-corrected chi connectivity index (χ1v) is 13.2. The lowest BCUT2D eigenvalue weighted by Gasteiger charge is -2.24. The molecule has 1 aliphatic heterocycles. The topological polar surface area (TPSA) is 73.8 Å². The number of allylic oxidation sites excluding steroid dienone is 1. The molecule has 2 aromatic carbocycles. The van der Waals surface area contributed by atoms with Gasteiger partial charge in [0, 0.05) is 21.7 Å². The Labute approximate surface area is 230 Å². The standard InChI is InChI=1S/C27H19Cl3N2O4S/c1-3-35-26(34)23-14(2)31-27-32(24(23)15-4-6-16(28)7-5-15)25(33)22(37-27)13-18-9-11-21(36-18)19-10-8-17(29)12-20(19)30/h4-13,24H,3H2,1-2H3/t24-/m1/s1. The molecule has 2 aromatic heterocycles. The van der Waals surface area contributed by atoms with Gasteiger partial charge in [-0.2, -0.15) is 0 Å². The van der Waals surface area contributed by atoms with E-state index in [1.165, 1.54) is 15.9 Å². The Morgan fingerprint density at radius 2 is 1.84 bits per heavy atom. The van der Waals surface area contributed by atoms with E-state index in [1.807, 2.05) is 0 Å². The molecule has 0 N–H and O–H groups in total. The van der Waals surface area contributed by atoms with Crippen LogP contribution in [0.5, 0.6) is 0 Å². The van der Waals surface area contributed by atoms with Crippen molar-refractivity contribution < 1.29 is 13.9 Å². The molecule has 0 saturated heterocycles. The first-order valence-electron chi connectivity index (χ1n) is 11.3. The van der Waals surface area contributed by atoms with E-state index in [0.29, 0.717) is 58.3 Å². The Morgan fingerprint density at radius 3 is 2.54 bits per heavy atom. The number of ether oxygens (including phenoxy) is 1. The van der Waals surface area contributed by atoms with Crippen molar-refractivity contribution in [3.05, 3.63) is 112 Å². The van der Waals surface area contributed by atoms with Gasteiger partial charge in [0.15, 0.2) is 4.80 Å². The molecule has 10 heteroatoms. The minimum atomic E-state index is -0.713. The molecule has 188 valence electrons. The molecular weight excluding hydrogens is 555 g/mol. The van der Waals surface area contributed by atoms with Crippen molar-refractivity contribution in [1.29, 1.82) is 0 Å². The molecule has 0 radical (unpaired) electrons. The lowest BCUT2D eigenvalue weighted by Crippen LogP contribution is -2.39. The molecule has 1 atom stereocenters. The summed E-state index contributed by atoms with van der Waals surface area (Å²) in [7, 11) is 0. The second-order valence-corrected chi connectivity index (χ2v) is 10.5. The van der Waals surface area contributed by atoms with Gasteiger partial charge >= 0.3 is 5.97 Å². The summed E-state index contributed by atoms with van der Waals surface area (Å²) in [6.07, 6.45) is 1.65. The zero-order valence-electron chi connectivity index (χ0n) is 19.6. The summed E-state index contributed by atoms with van der Waals surface area (Å²) in [5.41, 5.74) is 1.89. The number of rotatable bonds is 5. The number of carbonyl (C=O) groups excluding carboxylic acids is 1. The highest BCUT2D eigenvalue weighted by molar-refractivity contribution is 7.07. The van der Waals surface area contributed by atoms with E-state index >= 15 is 0 Å². The quantitative estimate of drug-likeness (QED) is 0.274. The van der Waals surface area contributed by atoms with Crippen LogP contribution in [-0.4, -0.2) is 17.1 Å². The second kappa shape index (κ2) is 10.3. The monoisotopic (exact) mass is 572 g/mol. The van der Waals surface area contributed by atoms with Crippen molar-refractivity contribution in [2.45, 2.75) is 19.9 Å². The van der Waals surface area contributed by atoms with Crippen molar-refractivity contribution in [3.8, 4) is 11.3 Å². The van der Waals surface area contributed by atoms with E-state index in [0.717, 1.165) is 0 Å². The second-order valence-electron chi connectivity index (χ2n) is 8.18. The molecule has 4 aromatic rings. The lowest BCUT2D eigenvalue weighted by atomic mass is 9.96. The summed E-state index contributed by atoms with van der Waals surface area (Å²) >= 11 is 19.6. The molecule has 6 nitrogen and oxygen atoms in total. The van der Waals surface area contributed by atoms with Crippen LogP contribution in [0.2, 0.25) is 15.1 Å². The average molecular weight is 574 g/mol. The van der Waals surface area contributed by atoms with Crippen LogP contribution in [0.4, 0.5) is 0 Å². The number of fused-ring (bicyclic) bond motifs is 1. The highest BCUT2D eigenvalue weighted by atomic mass is 35.5. The summed E-state index contributed by atoms with van der Waals surface area (Å²) in [5.74, 6) is 0.490. The van der Waals surface area contributed by atoms with Crippen molar-refractivity contribution in [2.75, 3.05) is 6.61 Å². The third kappa shape index (κ3) is 4.92. The van der Waals surface area contributed by atoms with Gasteiger partial charge in [0.05, 0.1) is 33.5 Å². The number of hydrogen-bond acceptors (Lipinski definition) is 6. The zero-order valence-corrected chi connectivity index (χ0v) is 22.7. The maximum absolute atomic E-state index is 13.7. The van der Waals surface area contributed by atoms with Crippen molar-refractivity contribution in [3.63, 3.8) is 0 Å². The molecule has 0 aliphatic carbocycles. The van der Waals surface area contributed by atoms with E-state index in [4.69, 9.17) is 44.0 Å². The minimum absolute atomic E-state index is 0.200. The lowest BCUT2D eigenvalue weighted by molar-refractivity contribution is -0.139. The number of thiazole rings is 1. The van der Waals surface area contributed by atoms with Crippen LogP contribution in [0.1, 0.15) is 31.2 Å². The number of benzene rings is 2. The smallest absolute Gasteiger partial charge is 0.338 e. The Balaban J connectivity index is 1.63. The fourth-order valence-electron chi connectivity index (χ4n) is 4.15. The van der Waals surface area contributed by atoms with Crippen LogP contribution >= 0.6 is 46.1 Å². The van der Waals surface area contributed by atoms with E-state index in [9.17, 15) is 9.59 Å². The number of halogens is 3. The zero-order chi connectivity index (χ0) is 26.3. The van der Waals surface area contributed by atoms with E-state index in [1.54, 1.807) is 74.5 Å². The summed E-state index contributed by atoms with van der Waals surface area (Å²) in [4.78, 5) is 31.7. The molecule has 0 spiro atoms. The molecule has 0 saturated carbocycles. The molecule has 1 aliphatic rings. The van der Waals surface area contributed by atoms with Gasteiger partial charge in [-0.15, -0.1) is 0 Å². The first kappa shape index (κ1) is 25.5. The summed E-state index contributed by atoms with van der Waals surface area (Å²) in [6.45, 7) is 3.67. The predicted octanol–water partition coefficient (Wildman–Crippen LogP) is 6.02. The maximum Gasteiger partial charge on any atom is 0.338 e. The molecule has 0 fully saturated rings. The average Bonchev–Trinajstić information content (AvgIpc) is 3.43. The predicted molar refractivity (Wildman–Crippen MR) is 146 cm³/mol. The Bertz CT molecular complexity index is 1730. The van der Waals surface area contributed by atoms with Crippen molar-refractivity contribution in [1.82, 2.24) is 4.57 Å². The molecule has 3 heterocycles. The van der Waals surface area contributed by atoms with Gasteiger partial charge in [-0.1, -0.05) is 58.3 Å². The fourth-order valence-corrected chi connectivity index (χ4v) is 5.80. The van der Waals surface area contributed by atoms with Crippen LogP contribution in [0, 0.1) is 0 Å². The number of aromatic nitrogens is 1. The summed E-state index contributed by atoms with van der Waals surface area (Å²) < 4.78 is 13.2. The van der Waals surface area contributed by atoms with E-state index in [-0.39, 0.29) is 12.2 Å².